The van der Waals surface area contributed by atoms with E-state index in [0.29, 0.717) is 33.5 Å². The van der Waals surface area contributed by atoms with Crippen LogP contribution in [0.5, 0.6) is 0 Å². The fraction of sp³-hybridized carbons (Fsp3) is 0. The summed E-state index contributed by atoms with van der Waals surface area (Å²) in [4.78, 5) is 14.3. The average molecular weight is 455 g/mol. The topological polar surface area (TPSA) is 56.0 Å². The Balaban J connectivity index is 1.94. The number of non-ortho nitro benzene ring substituents is 1. The van der Waals surface area contributed by atoms with Crippen molar-refractivity contribution >= 4 is 30.4 Å². The van der Waals surface area contributed by atoms with Gasteiger partial charge in [0.05, 0.1) is 0 Å². The second-order valence-corrected chi connectivity index (χ2v) is 9.55. The zero-order chi connectivity index (χ0) is 19.2. The molecule has 0 unspecified atom stereocenters. The molecule has 0 aliphatic carbocycles. The molecule has 0 atom stereocenters. The zero-order valence-electron chi connectivity index (χ0n) is 12.6. The van der Waals surface area contributed by atoms with Crippen LogP contribution >= 0.6 is 10.2 Å². The third-order valence-corrected chi connectivity index (χ3v) is 6.44. The van der Waals surface area contributed by atoms with E-state index in [-0.39, 0.29) is 20.2 Å². The molecule has 0 bridgehead atoms. The van der Waals surface area contributed by atoms with Crippen molar-refractivity contribution in [3.63, 3.8) is 0 Å². The quantitative estimate of drug-likeness (QED) is 0.209. The van der Waals surface area contributed by atoms with E-state index < -0.39 is 20.0 Å². The summed E-state index contributed by atoms with van der Waals surface area (Å²) in [5.41, 5.74) is 1.15. The van der Waals surface area contributed by atoms with Gasteiger partial charge in [-0.1, -0.05) is 0 Å². The molecule has 26 heavy (non-hydrogen) atoms. The second-order valence-electron chi connectivity index (χ2n) is 5.34. The molecule has 0 saturated carbocycles. The molecule has 2 aromatic carbocycles. The van der Waals surface area contributed by atoms with Gasteiger partial charge in [0.1, 0.15) is 0 Å². The molecule has 1 aromatic heterocycles. The van der Waals surface area contributed by atoms with Gasteiger partial charge in [-0.05, 0) is 0 Å². The maximum absolute atomic E-state index is 12.8. The molecule has 0 saturated heterocycles. The van der Waals surface area contributed by atoms with Gasteiger partial charge in [0.2, 0.25) is 0 Å². The van der Waals surface area contributed by atoms with Crippen molar-refractivity contribution in [1.82, 2.24) is 4.98 Å². The molecule has 0 amide bonds. The van der Waals surface area contributed by atoms with Gasteiger partial charge in [-0.3, -0.25) is 0 Å². The first-order valence-electron chi connectivity index (χ1n) is 6.88. The molecule has 0 radical (unpaired) electrons. The molecule has 0 aliphatic rings. The van der Waals surface area contributed by atoms with E-state index in [1.807, 2.05) is 0 Å². The normalized spacial score (nSPS) is 14.5. The van der Waals surface area contributed by atoms with E-state index in [4.69, 9.17) is 0 Å². The third kappa shape index (κ3) is 3.95. The molecule has 138 valence electrons. The Kier molecular flexibility index (Phi) is 3.84. The molecule has 3 rings (SSSR count). The van der Waals surface area contributed by atoms with Gasteiger partial charge in [0, 0.05) is 0 Å². The van der Waals surface area contributed by atoms with Gasteiger partial charge in [-0.25, -0.2) is 0 Å². The molecule has 1 heterocycles. The summed E-state index contributed by atoms with van der Waals surface area (Å²) in [6, 6.07) is 8.40. The van der Waals surface area contributed by atoms with Crippen molar-refractivity contribution in [2.24, 2.45) is 0 Å². The molecule has 0 spiro atoms. The number of hydrogen-bond acceptors (Lipinski definition) is 3. The summed E-state index contributed by atoms with van der Waals surface area (Å²) in [6.45, 7) is 0. The van der Waals surface area contributed by atoms with Crippen LogP contribution in [0.25, 0.3) is 21.4 Å². The van der Waals surface area contributed by atoms with Crippen molar-refractivity contribution < 1.29 is 24.4 Å². The number of halogens is 5. The van der Waals surface area contributed by atoms with E-state index in [1.54, 1.807) is 11.0 Å². The molecule has 0 N–H and O–H groups in total. The molecule has 11 heteroatoms. The van der Waals surface area contributed by atoms with Gasteiger partial charge < -0.3 is 0 Å². The van der Waals surface area contributed by atoms with Crippen LogP contribution in [0.1, 0.15) is 0 Å². The Labute approximate surface area is 149 Å². The standard InChI is InChI=1S/C15H9F5N2O2SSe/c16-25(17,18,19,20)13-6-4-10(5-7-13)15-21-14(9-26-15)11-2-1-3-12(8-11)22(23)24/h1-9H. The fourth-order valence-electron chi connectivity index (χ4n) is 2.17. The van der Waals surface area contributed by atoms with Crippen LogP contribution in [0, 0.1) is 10.1 Å². The summed E-state index contributed by atoms with van der Waals surface area (Å²) in [5, 5.41) is 10.8. The second kappa shape index (κ2) is 5.38. The van der Waals surface area contributed by atoms with Crippen molar-refractivity contribution in [3.05, 3.63) is 63.6 Å². The summed E-state index contributed by atoms with van der Waals surface area (Å²) in [5.74, 6) is 0. The van der Waals surface area contributed by atoms with Gasteiger partial charge >= 0.3 is 150 Å². The summed E-state index contributed by atoms with van der Waals surface area (Å²) in [6.07, 6.45) is 0. The Morgan fingerprint density at radius 2 is 1.62 bits per heavy atom. The van der Waals surface area contributed by atoms with Crippen LogP contribution in [-0.2, 0) is 0 Å². The number of benzene rings is 2. The fourth-order valence-corrected chi connectivity index (χ4v) is 4.58. The zero-order valence-corrected chi connectivity index (χ0v) is 15.1. The number of aromatic nitrogens is 1. The first-order chi connectivity index (χ1) is 11.8. The molecule has 0 fully saturated rings. The Morgan fingerprint density at radius 1 is 0.962 bits per heavy atom. The monoisotopic (exact) mass is 456 g/mol. The minimum absolute atomic E-state index is 0.111. The van der Waals surface area contributed by atoms with E-state index in [2.05, 4.69) is 4.98 Å². The van der Waals surface area contributed by atoms with Gasteiger partial charge in [-0.2, -0.15) is 0 Å². The Hall–Kier alpha value is -2.23. The van der Waals surface area contributed by atoms with Crippen molar-refractivity contribution in [3.8, 4) is 21.4 Å². The van der Waals surface area contributed by atoms with E-state index in [1.165, 1.54) is 18.2 Å². The van der Waals surface area contributed by atoms with Gasteiger partial charge in [0.15, 0.2) is 0 Å². The van der Waals surface area contributed by atoms with Crippen molar-refractivity contribution in [1.29, 1.82) is 0 Å². The predicted molar refractivity (Wildman–Crippen MR) is 90.1 cm³/mol. The van der Waals surface area contributed by atoms with Crippen LogP contribution in [0.4, 0.5) is 25.1 Å². The molecular weight excluding hydrogens is 446 g/mol. The van der Waals surface area contributed by atoms with E-state index in [9.17, 15) is 29.5 Å². The maximum atomic E-state index is 12.8. The molecule has 3 aromatic rings. The first kappa shape index (κ1) is 18.6. The minimum atomic E-state index is -9.70. The first-order valence-corrected chi connectivity index (χ1v) is 10.7. The van der Waals surface area contributed by atoms with Crippen LogP contribution in [0.2, 0.25) is 0 Å². The number of nitro groups is 1. The van der Waals surface area contributed by atoms with Crippen molar-refractivity contribution in [2.75, 3.05) is 0 Å². The SMILES string of the molecule is O=[N+]([O-])c1cccc(-c2c[se]c(-c3ccc(S(F)(F)(F)(F)F)cc3)n2)c1. The summed E-state index contributed by atoms with van der Waals surface area (Å²) >= 11 is -0.337. The third-order valence-electron chi connectivity index (χ3n) is 3.40. The van der Waals surface area contributed by atoms with Gasteiger partial charge in [0.25, 0.3) is 0 Å². The number of rotatable bonds is 4. The van der Waals surface area contributed by atoms with E-state index in [0.717, 1.165) is 12.1 Å². The van der Waals surface area contributed by atoms with E-state index >= 15 is 0 Å². The summed E-state index contributed by atoms with van der Waals surface area (Å²) < 4.78 is 64.2. The molecular formula is C15H9F5N2O2SSe. The van der Waals surface area contributed by atoms with Gasteiger partial charge in [-0.15, -0.1) is 0 Å². The van der Waals surface area contributed by atoms with Crippen LogP contribution in [0.15, 0.2) is 58.4 Å². The van der Waals surface area contributed by atoms with Crippen LogP contribution in [0.3, 0.4) is 0 Å². The van der Waals surface area contributed by atoms with Crippen molar-refractivity contribution in [2.45, 2.75) is 4.90 Å². The average Bonchev–Trinajstić information content (AvgIpc) is 3.03. The number of nitro benzene ring substituents is 1. The molecule has 4 nitrogen and oxygen atoms in total. The molecule has 0 aliphatic heterocycles. The number of nitrogens with zero attached hydrogens (tertiary/aromatic N) is 2. The Morgan fingerprint density at radius 3 is 2.19 bits per heavy atom. The number of hydrogen-bond donors (Lipinski definition) is 0. The predicted octanol–water partition coefficient (Wildman–Crippen LogP) is 6.04. The Bertz CT molecular complexity index is 1000. The summed E-state index contributed by atoms with van der Waals surface area (Å²) in [7, 11) is -9.70. The van der Waals surface area contributed by atoms with Crippen LogP contribution < -0.4 is 0 Å². The van der Waals surface area contributed by atoms with Crippen LogP contribution in [-0.4, -0.2) is 24.4 Å².